The maximum Gasteiger partial charge on any atom is 0.239 e. The molecular formula is C19H15F3N6. The van der Waals surface area contributed by atoms with Gasteiger partial charge in [-0.15, -0.1) is 0 Å². The maximum atomic E-state index is 14.5. The number of fused-ring (bicyclic) bond motifs is 1. The quantitative estimate of drug-likeness (QED) is 0.551. The molecule has 0 saturated carbocycles. The summed E-state index contributed by atoms with van der Waals surface area (Å²) in [7, 11) is 0. The van der Waals surface area contributed by atoms with Crippen LogP contribution in [0.2, 0.25) is 0 Å². The summed E-state index contributed by atoms with van der Waals surface area (Å²) < 4.78 is 42.2. The van der Waals surface area contributed by atoms with Gasteiger partial charge in [-0.25, -0.2) is 13.8 Å². The lowest BCUT2D eigenvalue weighted by Gasteiger charge is -2.12. The van der Waals surface area contributed by atoms with Crippen molar-refractivity contribution in [2.75, 3.05) is 11.1 Å². The summed E-state index contributed by atoms with van der Waals surface area (Å²) in [6.45, 7) is 1.11. The third kappa shape index (κ3) is 3.11. The van der Waals surface area contributed by atoms with E-state index in [1.54, 1.807) is 35.8 Å². The van der Waals surface area contributed by atoms with Crippen LogP contribution in [-0.4, -0.2) is 19.5 Å². The lowest BCUT2D eigenvalue weighted by atomic mass is 10.2. The summed E-state index contributed by atoms with van der Waals surface area (Å²) in [6.07, 6.45) is 0. The number of hydrogen-bond acceptors (Lipinski definition) is 5. The van der Waals surface area contributed by atoms with E-state index in [2.05, 4.69) is 20.3 Å². The average molecular weight is 384 g/mol. The normalized spacial score (nSPS) is 11.1. The number of alkyl halides is 1. The van der Waals surface area contributed by atoms with Crippen LogP contribution in [0.25, 0.3) is 17.0 Å². The van der Waals surface area contributed by atoms with E-state index in [1.165, 1.54) is 18.2 Å². The van der Waals surface area contributed by atoms with Gasteiger partial charge in [0.2, 0.25) is 11.8 Å². The Morgan fingerprint density at radius 3 is 2.50 bits per heavy atom. The van der Waals surface area contributed by atoms with Gasteiger partial charge in [0.05, 0.1) is 11.0 Å². The predicted molar refractivity (Wildman–Crippen MR) is 100 cm³/mol. The molecule has 2 heterocycles. The van der Waals surface area contributed by atoms with Crippen LogP contribution in [0.1, 0.15) is 11.4 Å². The Hall–Kier alpha value is -3.62. The number of nitrogens with two attached hydrogens (primary N) is 1. The second-order valence-electron chi connectivity index (χ2n) is 6.15. The number of aryl methyl sites for hydroxylation is 1. The van der Waals surface area contributed by atoms with Crippen LogP contribution in [0.3, 0.4) is 0 Å². The van der Waals surface area contributed by atoms with E-state index in [-0.39, 0.29) is 17.6 Å². The number of nitrogens with one attached hydrogen (secondary N) is 1. The molecule has 0 aliphatic heterocycles. The van der Waals surface area contributed by atoms with Gasteiger partial charge in [-0.1, -0.05) is 12.1 Å². The second kappa shape index (κ2) is 6.84. The van der Waals surface area contributed by atoms with Crippen molar-refractivity contribution in [2.24, 2.45) is 0 Å². The van der Waals surface area contributed by atoms with Gasteiger partial charge < -0.3 is 11.1 Å². The van der Waals surface area contributed by atoms with Crippen molar-refractivity contribution in [1.29, 1.82) is 0 Å². The maximum absolute atomic E-state index is 14.5. The van der Waals surface area contributed by atoms with E-state index in [0.29, 0.717) is 28.1 Å². The number of benzene rings is 2. The molecule has 0 aliphatic rings. The Morgan fingerprint density at radius 1 is 1.04 bits per heavy atom. The molecule has 4 rings (SSSR count). The Labute approximate surface area is 157 Å². The first-order valence-corrected chi connectivity index (χ1v) is 8.36. The van der Waals surface area contributed by atoms with Crippen LogP contribution >= 0.6 is 0 Å². The minimum absolute atomic E-state index is 0.0911. The highest BCUT2D eigenvalue weighted by Crippen LogP contribution is 2.26. The monoisotopic (exact) mass is 384 g/mol. The number of nitrogens with zero attached hydrogens (tertiary/aromatic N) is 4. The van der Waals surface area contributed by atoms with Crippen LogP contribution in [0, 0.1) is 18.6 Å². The molecule has 9 heteroatoms. The van der Waals surface area contributed by atoms with Crippen LogP contribution in [-0.2, 0) is 6.67 Å². The van der Waals surface area contributed by atoms with E-state index in [4.69, 9.17) is 5.73 Å². The molecule has 2 aromatic heterocycles. The van der Waals surface area contributed by atoms with Gasteiger partial charge in [0, 0.05) is 11.8 Å². The molecule has 0 radical (unpaired) electrons. The molecule has 0 amide bonds. The van der Waals surface area contributed by atoms with Crippen molar-refractivity contribution < 1.29 is 13.2 Å². The van der Waals surface area contributed by atoms with Crippen molar-refractivity contribution in [2.45, 2.75) is 13.6 Å². The zero-order chi connectivity index (χ0) is 19.8. The van der Waals surface area contributed by atoms with Crippen LogP contribution in [0.5, 0.6) is 0 Å². The van der Waals surface area contributed by atoms with E-state index in [1.807, 2.05) is 0 Å². The van der Waals surface area contributed by atoms with E-state index in [0.717, 1.165) is 0 Å². The first-order chi connectivity index (χ1) is 13.5. The van der Waals surface area contributed by atoms with Crippen molar-refractivity contribution in [3.63, 3.8) is 0 Å². The molecule has 6 nitrogen and oxygen atoms in total. The molecule has 0 saturated heterocycles. The summed E-state index contributed by atoms with van der Waals surface area (Å²) in [5.74, 6) is -1.14. The van der Waals surface area contributed by atoms with E-state index in [9.17, 15) is 13.2 Å². The minimum atomic E-state index is -0.813. The first kappa shape index (κ1) is 17.8. The highest BCUT2D eigenvalue weighted by Gasteiger charge is 2.18. The standard InChI is InChI=1S/C19H15F3N6/c1-10-24-14-8-12(21)4-7-15(14)28(10)19-26-17(23)16(22)18(27-19)25-13-5-2-11(9-20)3-6-13/h2-8H,9H2,1H3,(H3,23,25,26,27). The fraction of sp³-hybridized carbons (Fsp3) is 0.105. The highest BCUT2D eigenvalue weighted by atomic mass is 19.1. The molecule has 4 aromatic rings. The van der Waals surface area contributed by atoms with Gasteiger partial charge in [-0.05, 0) is 36.8 Å². The van der Waals surface area contributed by atoms with Gasteiger partial charge >= 0.3 is 0 Å². The fourth-order valence-corrected chi connectivity index (χ4v) is 2.88. The summed E-state index contributed by atoms with van der Waals surface area (Å²) >= 11 is 0. The summed E-state index contributed by atoms with van der Waals surface area (Å²) in [5, 5.41) is 2.82. The fourth-order valence-electron chi connectivity index (χ4n) is 2.88. The summed E-state index contributed by atoms with van der Waals surface area (Å²) in [4.78, 5) is 12.5. The molecule has 0 bridgehead atoms. The molecule has 2 aromatic carbocycles. The molecule has 28 heavy (non-hydrogen) atoms. The number of halogens is 3. The molecular weight excluding hydrogens is 369 g/mol. The largest absolute Gasteiger partial charge is 0.381 e. The molecule has 3 N–H and O–H groups in total. The van der Waals surface area contributed by atoms with E-state index < -0.39 is 18.3 Å². The van der Waals surface area contributed by atoms with Gasteiger partial charge in [-0.2, -0.15) is 14.4 Å². The van der Waals surface area contributed by atoms with Gasteiger partial charge in [0.25, 0.3) is 0 Å². The van der Waals surface area contributed by atoms with E-state index >= 15 is 0 Å². The molecule has 0 atom stereocenters. The van der Waals surface area contributed by atoms with Crippen molar-refractivity contribution in [3.05, 3.63) is 65.5 Å². The Bertz CT molecular complexity index is 1170. The zero-order valence-corrected chi connectivity index (χ0v) is 14.7. The van der Waals surface area contributed by atoms with Crippen LogP contribution in [0.15, 0.2) is 42.5 Å². The summed E-state index contributed by atoms with van der Waals surface area (Å²) in [5.41, 5.74) is 7.72. The third-order valence-corrected chi connectivity index (χ3v) is 4.22. The Kier molecular flexibility index (Phi) is 4.34. The van der Waals surface area contributed by atoms with Crippen molar-refractivity contribution >= 4 is 28.4 Å². The molecule has 0 fully saturated rings. The highest BCUT2D eigenvalue weighted by molar-refractivity contribution is 5.78. The average Bonchev–Trinajstić information content (AvgIpc) is 3.00. The lowest BCUT2D eigenvalue weighted by Crippen LogP contribution is -2.10. The predicted octanol–water partition coefficient (Wildman–Crippen LogP) is 4.20. The minimum Gasteiger partial charge on any atom is -0.381 e. The summed E-state index contributed by atoms with van der Waals surface area (Å²) in [6, 6.07) is 10.5. The SMILES string of the molecule is Cc1nc2cc(F)ccc2n1-c1nc(N)c(F)c(Nc2ccc(CF)cc2)n1. The zero-order valence-electron chi connectivity index (χ0n) is 14.7. The van der Waals surface area contributed by atoms with Crippen LogP contribution < -0.4 is 11.1 Å². The molecule has 142 valence electrons. The molecule has 0 aliphatic carbocycles. The number of anilines is 3. The number of rotatable bonds is 4. The smallest absolute Gasteiger partial charge is 0.239 e. The Balaban J connectivity index is 1.80. The number of nitrogen functional groups attached to an aromatic ring is 1. The lowest BCUT2D eigenvalue weighted by molar-refractivity contribution is 0.485. The van der Waals surface area contributed by atoms with Crippen molar-refractivity contribution in [1.82, 2.24) is 19.5 Å². The van der Waals surface area contributed by atoms with Gasteiger partial charge in [-0.3, -0.25) is 4.57 Å². The Morgan fingerprint density at radius 2 is 1.79 bits per heavy atom. The number of aromatic nitrogens is 4. The number of hydrogen-bond donors (Lipinski definition) is 2. The molecule has 0 spiro atoms. The van der Waals surface area contributed by atoms with Gasteiger partial charge in [0.1, 0.15) is 18.3 Å². The topological polar surface area (TPSA) is 81.7 Å². The number of imidazole rings is 1. The molecule has 0 unspecified atom stereocenters. The van der Waals surface area contributed by atoms with Crippen LogP contribution in [0.4, 0.5) is 30.5 Å². The second-order valence-corrected chi connectivity index (χ2v) is 6.15. The van der Waals surface area contributed by atoms with Crippen molar-refractivity contribution in [3.8, 4) is 5.95 Å². The van der Waals surface area contributed by atoms with Gasteiger partial charge in [0.15, 0.2) is 11.6 Å². The first-order valence-electron chi connectivity index (χ1n) is 8.36. The third-order valence-electron chi connectivity index (χ3n) is 4.22.